The second-order valence-electron chi connectivity index (χ2n) is 10.2. The maximum atomic E-state index is 14.3. The first-order valence-corrected chi connectivity index (χ1v) is 13.6. The lowest BCUT2D eigenvalue weighted by Gasteiger charge is -2.26. The van der Waals surface area contributed by atoms with Crippen LogP contribution in [0.2, 0.25) is 0 Å². The maximum absolute atomic E-state index is 14.3. The number of nitrogens with zero attached hydrogens (tertiary/aromatic N) is 6. The Morgan fingerprint density at radius 1 is 1.05 bits per heavy atom. The zero-order valence-electron chi connectivity index (χ0n) is 22.4. The van der Waals surface area contributed by atoms with E-state index in [1.54, 1.807) is 4.90 Å². The van der Waals surface area contributed by atoms with Crippen LogP contribution in [0, 0.1) is 11.6 Å². The SMILES string of the molecule is O=C1CN(C(=O)CCn2cnnn2)CCCCOc2cccc(c2)[C@H]2CN(C(=O)Cc3cccc(F)c3F)C[C@@H]2N1. The molecule has 41 heavy (non-hydrogen) atoms. The van der Waals surface area contributed by atoms with Crippen molar-refractivity contribution in [3.8, 4) is 5.75 Å². The highest BCUT2D eigenvalue weighted by Crippen LogP contribution is 2.31. The average molecular weight is 568 g/mol. The van der Waals surface area contributed by atoms with Crippen LogP contribution < -0.4 is 10.1 Å². The zero-order chi connectivity index (χ0) is 28.8. The lowest BCUT2D eigenvalue weighted by atomic mass is 9.94. The molecule has 2 atom stereocenters. The molecule has 3 heterocycles. The number of carbonyl (C=O) groups is 3. The van der Waals surface area contributed by atoms with Crippen molar-refractivity contribution in [2.24, 2.45) is 0 Å². The van der Waals surface area contributed by atoms with E-state index in [2.05, 4.69) is 20.8 Å². The Morgan fingerprint density at radius 2 is 1.90 bits per heavy atom. The first kappa shape index (κ1) is 28.1. The molecule has 3 amide bonds. The Bertz CT molecular complexity index is 1390. The number of hydrogen-bond donors (Lipinski definition) is 1. The van der Waals surface area contributed by atoms with Gasteiger partial charge in [-0.3, -0.25) is 14.4 Å². The van der Waals surface area contributed by atoms with Crippen molar-refractivity contribution in [3.05, 3.63) is 71.6 Å². The number of aromatic nitrogens is 4. The number of nitrogens with one attached hydrogen (secondary N) is 1. The van der Waals surface area contributed by atoms with Gasteiger partial charge in [-0.2, -0.15) is 0 Å². The van der Waals surface area contributed by atoms with Gasteiger partial charge in [-0.1, -0.05) is 24.3 Å². The number of carbonyl (C=O) groups excluding carboxylic acids is 3. The van der Waals surface area contributed by atoms with Gasteiger partial charge in [0.1, 0.15) is 12.1 Å². The Kier molecular flexibility index (Phi) is 8.80. The summed E-state index contributed by atoms with van der Waals surface area (Å²) in [4.78, 5) is 42.5. The van der Waals surface area contributed by atoms with E-state index in [1.165, 1.54) is 28.0 Å². The fourth-order valence-corrected chi connectivity index (χ4v) is 5.25. The molecule has 2 bridgehead atoms. The van der Waals surface area contributed by atoms with Crippen LogP contribution in [0.5, 0.6) is 5.75 Å². The summed E-state index contributed by atoms with van der Waals surface area (Å²) in [5.74, 6) is -2.56. The number of benzene rings is 2. The van der Waals surface area contributed by atoms with Crippen LogP contribution in [0.1, 0.15) is 36.3 Å². The van der Waals surface area contributed by atoms with Gasteiger partial charge in [-0.05, 0) is 47.0 Å². The first-order chi connectivity index (χ1) is 19.9. The summed E-state index contributed by atoms with van der Waals surface area (Å²) in [6.07, 6.45) is 2.58. The van der Waals surface area contributed by atoms with Crippen LogP contribution in [0.15, 0.2) is 48.8 Å². The summed E-state index contributed by atoms with van der Waals surface area (Å²) in [5.41, 5.74) is 0.857. The number of amides is 3. The molecular formula is C28H31F2N7O4. The van der Waals surface area contributed by atoms with Gasteiger partial charge >= 0.3 is 0 Å². The minimum atomic E-state index is -1.04. The summed E-state index contributed by atoms with van der Waals surface area (Å²) in [6, 6.07) is 10.8. The Hall–Kier alpha value is -4.42. The molecule has 5 rings (SSSR count). The van der Waals surface area contributed by atoms with Gasteiger partial charge < -0.3 is 19.9 Å². The average Bonchev–Trinajstić information content (AvgIpc) is 3.63. The standard InChI is InChI=1S/C28H31F2N7O4/c29-23-8-4-6-20(28(23)30)14-27(40)36-15-22-19-5-3-7-21(13-19)41-12-2-1-10-35(17-25(38)32-24(22)16-36)26(39)9-11-37-18-31-33-34-37/h3-8,13,18,22,24H,1-2,9-12,14-17H2,(H,32,38)/t22-,24+/m1/s1. The predicted molar refractivity (Wildman–Crippen MR) is 141 cm³/mol. The summed E-state index contributed by atoms with van der Waals surface area (Å²) < 4.78 is 35.4. The van der Waals surface area contributed by atoms with E-state index in [-0.39, 0.29) is 68.2 Å². The molecule has 216 valence electrons. The largest absolute Gasteiger partial charge is 0.494 e. The van der Waals surface area contributed by atoms with E-state index in [9.17, 15) is 23.2 Å². The number of halogens is 2. The van der Waals surface area contributed by atoms with E-state index in [0.717, 1.165) is 11.6 Å². The summed E-state index contributed by atoms with van der Waals surface area (Å²) in [7, 11) is 0. The Morgan fingerprint density at radius 3 is 2.73 bits per heavy atom. The van der Waals surface area contributed by atoms with Crippen LogP contribution in [0.25, 0.3) is 0 Å². The van der Waals surface area contributed by atoms with Crippen molar-refractivity contribution in [1.82, 2.24) is 35.3 Å². The number of tetrazole rings is 1. The van der Waals surface area contributed by atoms with Crippen molar-refractivity contribution in [2.45, 2.75) is 44.2 Å². The number of fused-ring (bicyclic) bond motifs is 4. The highest BCUT2D eigenvalue weighted by molar-refractivity contribution is 5.85. The van der Waals surface area contributed by atoms with Crippen LogP contribution in [-0.2, 0) is 27.3 Å². The molecule has 0 spiro atoms. The molecule has 11 nitrogen and oxygen atoms in total. The van der Waals surface area contributed by atoms with Crippen LogP contribution in [0.3, 0.4) is 0 Å². The van der Waals surface area contributed by atoms with Gasteiger partial charge in [-0.15, -0.1) is 5.10 Å². The third kappa shape index (κ3) is 7.02. The molecule has 0 unspecified atom stereocenters. The van der Waals surface area contributed by atoms with E-state index >= 15 is 0 Å². The van der Waals surface area contributed by atoms with Gasteiger partial charge in [-0.25, -0.2) is 13.5 Å². The normalized spacial score (nSPS) is 19.6. The molecule has 2 aromatic carbocycles. The summed E-state index contributed by atoms with van der Waals surface area (Å²) in [6.45, 7) is 1.43. The fraction of sp³-hybridized carbons (Fsp3) is 0.429. The third-order valence-corrected chi connectivity index (χ3v) is 7.40. The molecule has 0 radical (unpaired) electrons. The Balaban J connectivity index is 1.32. The second-order valence-corrected chi connectivity index (χ2v) is 10.2. The molecule has 13 heteroatoms. The molecule has 3 aromatic rings. The van der Waals surface area contributed by atoms with Crippen LogP contribution >= 0.6 is 0 Å². The summed E-state index contributed by atoms with van der Waals surface area (Å²) >= 11 is 0. The van der Waals surface area contributed by atoms with Gasteiger partial charge in [0.25, 0.3) is 0 Å². The zero-order valence-corrected chi connectivity index (χ0v) is 22.4. The molecule has 2 aliphatic heterocycles. The lowest BCUT2D eigenvalue weighted by Crippen LogP contribution is -2.47. The highest BCUT2D eigenvalue weighted by Gasteiger charge is 2.38. The molecule has 0 saturated carbocycles. The maximum Gasteiger partial charge on any atom is 0.239 e. The quantitative estimate of drug-likeness (QED) is 0.498. The topological polar surface area (TPSA) is 123 Å². The second kappa shape index (κ2) is 12.8. The van der Waals surface area contributed by atoms with Gasteiger partial charge in [0.2, 0.25) is 17.7 Å². The highest BCUT2D eigenvalue weighted by atomic mass is 19.2. The molecule has 1 fully saturated rings. The van der Waals surface area contributed by atoms with Gasteiger partial charge in [0.05, 0.1) is 32.2 Å². The number of hydrogen-bond acceptors (Lipinski definition) is 7. The number of aryl methyl sites for hydroxylation is 1. The van der Waals surface area contributed by atoms with Gasteiger partial charge in [0, 0.05) is 37.5 Å². The smallest absolute Gasteiger partial charge is 0.239 e. The summed E-state index contributed by atoms with van der Waals surface area (Å²) in [5, 5.41) is 13.9. The van der Waals surface area contributed by atoms with Crippen LogP contribution in [-0.4, -0.2) is 86.6 Å². The number of rotatable bonds is 5. The minimum Gasteiger partial charge on any atom is -0.494 e. The minimum absolute atomic E-state index is 0.0244. The lowest BCUT2D eigenvalue weighted by molar-refractivity contribution is -0.136. The number of likely N-dealkylation sites (tertiary alicyclic amines) is 1. The van der Waals surface area contributed by atoms with Gasteiger partial charge in [0.15, 0.2) is 11.6 Å². The Labute approximate surface area is 235 Å². The molecule has 2 aliphatic rings. The molecule has 1 aromatic heterocycles. The van der Waals surface area contributed by atoms with E-state index in [4.69, 9.17) is 4.74 Å². The van der Waals surface area contributed by atoms with Crippen LogP contribution in [0.4, 0.5) is 8.78 Å². The van der Waals surface area contributed by atoms with E-state index in [1.807, 2.05) is 24.3 Å². The third-order valence-electron chi connectivity index (χ3n) is 7.40. The van der Waals surface area contributed by atoms with E-state index < -0.39 is 17.7 Å². The molecule has 1 N–H and O–H groups in total. The molecule has 1 saturated heterocycles. The number of ether oxygens (including phenoxy) is 1. The fourth-order valence-electron chi connectivity index (χ4n) is 5.25. The first-order valence-electron chi connectivity index (χ1n) is 13.6. The van der Waals surface area contributed by atoms with Crippen molar-refractivity contribution < 1.29 is 27.9 Å². The van der Waals surface area contributed by atoms with Crippen molar-refractivity contribution >= 4 is 17.7 Å². The monoisotopic (exact) mass is 567 g/mol. The van der Waals surface area contributed by atoms with Crippen molar-refractivity contribution in [1.29, 1.82) is 0 Å². The van der Waals surface area contributed by atoms with Crippen molar-refractivity contribution in [2.75, 3.05) is 32.8 Å². The van der Waals surface area contributed by atoms with Crippen molar-refractivity contribution in [3.63, 3.8) is 0 Å². The molecule has 0 aliphatic carbocycles. The van der Waals surface area contributed by atoms with E-state index in [0.29, 0.717) is 31.7 Å². The predicted octanol–water partition coefficient (Wildman–Crippen LogP) is 1.70. The molecular weight excluding hydrogens is 536 g/mol.